The Bertz CT molecular complexity index is 129. The Morgan fingerprint density at radius 3 is 2.33 bits per heavy atom. The molecule has 0 rings (SSSR count). The van der Waals surface area contributed by atoms with E-state index in [2.05, 4.69) is 31.0 Å². The lowest BCUT2D eigenvalue weighted by Crippen LogP contribution is -2.32. The fraction of sp³-hybridized carbons (Fsp3) is 1.00. The first-order valence-electron chi connectivity index (χ1n) is 6.27. The Balaban J connectivity index is 3.47. The van der Waals surface area contributed by atoms with Gasteiger partial charge in [-0.25, -0.2) is 0 Å². The first kappa shape index (κ1) is 14.9. The summed E-state index contributed by atoms with van der Waals surface area (Å²) >= 11 is 0. The highest BCUT2D eigenvalue weighted by atomic mass is 16.3. The molecule has 0 amide bonds. The number of hydrogen-bond donors (Lipinski definition) is 2. The van der Waals surface area contributed by atoms with Gasteiger partial charge in [0.05, 0.1) is 6.61 Å². The monoisotopic (exact) mass is 216 g/mol. The molecule has 0 aromatic heterocycles. The maximum absolute atomic E-state index is 8.92. The van der Waals surface area contributed by atoms with E-state index in [0.717, 1.165) is 26.2 Å². The molecule has 3 heteroatoms. The second-order valence-corrected chi connectivity index (χ2v) is 4.38. The Hall–Kier alpha value is -0.120. The lowest BCUT2D eigenvalue weighted by Gasteiger charge is -2.21. The van der Waals surface area contributed by atoms with Crippen LogP contribution in [0.4, 0.5) is 0 Å². The average Bonchev–Trinajstić information content (AvgIpc) is 2.20. The summed E-state index contributed by atoms with van der Waals surface area (Å²) in [5, 5.41) is 12.3. The molecule has 0 heterocycles. The van der Waals surface area contributed by atoms with Gasteiger partial charge in [0.2, 0.25) is 0 Å². The van der Waals surface area contributed by atoms with Gasteiger partial charge in [0.1, 0.15) is 0 Å². The first-order chi connectivity index (χ1) is 7.20. The van der Waals surface area contributed by atoms with Crippen LogP contribution in [0.3, 0.4) is 0 Å². The van der Waals surface area contributed by atoms with Gasteiger partial charge in [0, 0.05) is 12.6 Å². The standard InChI is InChI=1S/C12H28N2O/c1-4-5-8-14(10-11-15)9-6-7-13-12(2)3/h12-13,15H,4-11H2,1-3H3. The molecule has 3 nitrogen and oxygen atoms in total. The van der Waals surface area contributed by atoms with E-state index >= 15 is 0 Å². The number of rotatable bonds is 10. The van der Waals surface area contributed by atoms with Crippen LogP contribution in [0, 0.1) is 0 Å². The van der Waals surface area contributed by atoms with Gasteiger partial charge in [-0.1, -0.05) is 27.2 Å². The number of nitrogens with one attached hydrogen (secondary N) is 1. The molecule has 0 fully saturated rings. The minimum absolute atomic E-state index is 0.279. The minimum atomic E-state index is 0.279. The molecule has 0 aliphatic heterocycles. The van der Waals surface area contributed by atoms with Crippen LogP contribution in [-0.2, 0) is 0 Å². The predicted molar refractivity (Wildman–Crippen MR) is 66.2 cm³/mol. The Labute approximate surface area is 94.9 Å². The summed E-state index contributed by atoms with van der Waals surface area (Å²) in [6, 6.07) is 0.576. The molecular formula is C12H28N2O. The Morgan fingerprint density at radius 1 is 1.13 bits per heavy atom. The minimum Gasteiger partial charge on any atom is -0.395 e. The van der Waals surface area contributed by atoms with Crippen LogP contribution in [0.15, 0.2) is 0 Å². The molecule has 0 aromatic rings. The van der Waals surface area contributed by atoms with Gasteiger partial charge < -0.3 is 15.3 Å². The van der Waals surface area contributed by atoms with Crippen molar-refractivity contribution in [1.29, 1.82) is 0 Å². The van der Waals surface area contributed by atoms with E-state index in [1.54, 1.807) is 0 Å². The van der Waals surface area contributed by atoms with Gasteiger partial charge in [0.25, 0.3) is 0 Å². The van der Waals surface area contributed by atoms with Crippen molar-refractivity contribution < 1.29 is 5.11 Å². The summed E-state index contributed by atoms with van der Waals surface area (Å²) in [5.74, 6) is 0. The molecule has 0 unspecified atom stereocenters. The smallest absolute Gasteiger partial charge is 0.0558 e. The number of aliphatic hydroxyl groups excluding tert-OH is 1. The van der Waals surface area contributed by atoms with Crippen LogP contribution in [0.25, 0.3) is 0 Å². The van der Waals surface area contributed by atoms with Crippen molar-refractivity contribution in [3.8, 4) is 0 Å². The third-order valence-corrected chi connectivity index (χ3v) is 2.45. The normalized spacial score (nSPS) is 11.6. The van der Waals surface area contributed by atoms with Gasteiger partial charge in [-0.05, 0) is 32.5 Å². The summed E-state index contributed by atoms with van der Waals surface area (Å²) in [5.41, 5.74) is 0. The molecule has 15 heavy (non-hydrogen) atoms. The van der Waals surface area contributed by atoms with Gasteiger partial charge in [0.15, 0.2) is 0 Å². The Kier molecular flexibility index (Phi) is 10.3. The molecular weight excluding hydrogens is 188 g/mol. The lowest BCUT2D eigenvalue weighted by atomic mass is 10.3. The molecule has 0 saturated carbocycles. The van der Waals surface area contributed by atoms with Crippen LogP contribution in [-0.4, -0.2) is 48.8 Å². The van der Waals surface area contributed by atoms with E-state index in [4.69, 9.17) is 5.11 Å². The summed E-state index contributed by atoms with van der Waals surface area (Å²) < 4.78 is 0. The third-order valence-electron chi connectivity index (χ3n) is 2.45. The zero-order valence-electron chi connectivity index (χ0n) is 10.6. The third kappa shape index (κ3) is 10.2. The van der Waals surface area contributed by atoms with Crippen molar-refractivity contribution in [2.45, 2.75) is 46.1 Å². The van der Waals surface area contributed by atoms with E-state index in [1.165, 1.54) is 19.3 Å². The van der Waals surface area contributed by atoms with Crippen LogP contribution in [0.5, 0.6) is 0 Å². The van der Waals surface area contributed by atoms with Crippen molar-refractivity contribution in [1.82, 2.24) is 10.2 Å². The van der Waals surface area contributed by atoms with Crippen LogP contribution in [0.2, 0.25) is 0 Å². The van der Waals surface area contributed by atoms with Crippen molar-refractivity contribution >= 4 is 0 Å². The molecule has 0 aliphatic rings. The first-order valence-corrected chi connectivity index (χ1v) is 6.27. The summed E-state index contributed by atoms with van der Waals surface area (Å²) in [6.45, 7) is 10.9. The zero-order chi connectivity index (χ0) is 11.5. The Morgan fingerprint density at radius 2 is 1.80 bits per heavy atom. The molecule has 0 aromatic carbocycles. The zero-order valence-corrected chi connectivity index (χ0v) is 10.6. The van der Waals surface area contributed by atoms with E-state index in [1.807, 2.05) is 0 Å². The van der Waals surface area contributed by atoms with Gasteiger partial charge in [-0.2, -0.15) is 0 Å². The molecule has 0 spiro atoms. The molecule has 92 valence electrons. The highest BCUT2D eigenvalue weighted by Gasteiger charge is 2.02. The predicted octanol–water partition coefficient (Wildman–Crippen LogP) is 1.47. The average molecular weight is 216 g/mol. The highest BCUT2D eigenvalue weighted by molar-refractivity contribution is 4.60. The number of unbranched alkanes of at least 4 members (excludes halogenated alkanes) is 1. The van der Waals surface area contributed by atoms with Crippen LogP contribution < -0.4 is 5.32 Å². The SMILES string of the molecule is CCCCN(CCO)CCCNC(C)C. The topological polar surface area (TPSA) is 35.5 Å². The van der Waals surface area contributed by atoms with Gasteiger partial charge in [-0.15, -0.1) is 0 Å². The second kappa shape index (κ2) is 10.4. The van der Waals surface area contributed by atoms with E-state index in [0.29, 0.717) is 6.04 Å². The number of nitrogens with zero attached hydrogens (tertiary/aromatic N) is 1. The lowest BCUT2D eigenvalue weighted by molar-refractivity contribution is 0.192. The van der Waals surface area contributed by atoms with Crippen LogP contribution in [0.1, 0.15) is 40.0 Å². The van der Waals surface area contributed by atoms with E-state index in [9.17, 15) is 0 Å². The molecule has 0 atom stereocenters. The summed E-state index contributed by atoms with van der Waals surface area (Å²) in [4.78, 5) is 2.35. The highest BCUT2D eigenvalue weighted by Crippen LogP contribution is 1.96. The largest absolute Gasteiger partial charge is 0.395 e. The fourth-order valence-electron chi connectivity index (χ4n) is 1.55. The molecule has 0 saturated heterocycles. The molecule has 0 bridgehead atoms. The summed E-state index contributed by atoms with van der Waals surface area (Å²) in [7, 11) is 0. The summed E-state index contributed by atoms with van der Waals surface area (Å²) in [6.07, 6.45) is 3.63. The number of aliphatic hydroxyl groups is 1. The van der Waals surface area contributed by atoms with Crippen LogP contribution >= 0.6 is 0 Å². The van der Waals surface area contributed by atoms with Crippen molar-refractivity contribution in [2.24, 2.45) is 0 Å². The number of hydrogen-bond acceptors (Lipinski definition) is 3. The molecule has 2 N–H and O–H groups in total. The van der Waals surface area contributed by atoms with Crippen molar-refractivity contribution in [2.75, 3.05) is 32.8 Å². The van der Waals surface area contributed by atoms with E-state index < -0.39 is 0 Å². The molecule has 0 aliphatic carbocycles. The van der Waals surface area contributed by atoms with Gasteiger partial charge in [-0.3, -0.25) is 0 Å². The quantitative estimate of drug-likeness (QED) is 0.543. The van der Waals surface area contributed by atoms with E-state index in [-0.39, 0.29) is 6.61 Å². The van der Waals surface area contributed by atoms with Crippen molar-refractivity contribution in [3.05, 3.63) is 0 Å². The maximum Gasteiger partial charge on any atom is 0.0558 e. The fourth-order valence-corrected chi connectivity index (χ4v) is 1.55. The molecule has 0 radical (unpaired) electrons. The van der Waals surface area contributed by atoms with Gasteiger partial charge >= 0.3 is 0 Å². The maximum atomic E-state index is 8.92. The van der Waals surface area contributed by atoms with Crippen molar-refractivity contribution in [3.63, 3.8) is 0 Å². The second-order valence-electron chi connectivity index (χ2n) is 4.38.